The highest BCUT2D eigenvalue weighted by Crippen LogP contribution is 2.15. The van der Waals surface area contributed by atoms with Crippen LogP contribution in [-0.4, -0.2) is 27.9 Å². The maximum absolute atomic E-state index is 5.68. The van der Waals surface area contributed by atoms with Crippen LogP contribution in [0.25, 0.3) is 11.1 Å². The van der Waals surface area contributed by atoms with Gasteiger partial charge in [-0.25, -0.2) is 4.98 Å². The van der Waals surface area contributed by atoms with Crippen LogP contribution in [0.1, 0.15) is 12.3 Å². The van der Waals surface area contributed by atoms with Gasteiger partial charge in [0.1, 0.15) is 5.52 Å². The van der Waals surface area contributed by atoms with Crippen molar-refractivity contribution in [1.82, 2.24) is 20.1 Å². The van der Waals surface area contributed by atoms with E-state index in [0.717, 1.165) is 49.5 Å². The lowest BCUT2D eigenvalue weighted by Crippen LogP contribution is -2.21. The zero-order chi connectivity index (χ0) is 13.6. The molecule has 0 amide bonds. The number of nitrogens with zero attached hydrogens (tertiary/aromatic N) is 3. The van der Waals surface area contributed by atoms with Crippen molar-refractivity contribution in [3.63, 3.8) is 0 Å². The molecule has 0 saturated carbocycles. The average Bonchev–Trinajstić information content (AvgIpc) is 3.11. The lowest BCUT2D eigenvalue weighted by molar-refractivity contribution is 0.501. The third-order valence-corrected chi connectivity index (χ3v) is 3.16. The Morgan fingerprint density at radius 1 is 1.15 bits per heavy atom. The van der Waals surface area contributed by atoms with Gasteiger partial charge in [0.05, 0.1) is 6.54 Å². The second-order valence-corrected chi connectivity index (χ2v) is 4.70. The van der Waals surface area contributed by atoms with Crippen molar-refractivity contribution in [2.45, 2.75) is 19.4 Å². The van der Waals surface area contributed by atoms with Crippen LogP contribution in [0.5, 0.6) is 0 Å². The van der Waals surface area contributed by atoms with E-state index in [2.05, 4.69) is 15.4 Å². The van der Waals surface area contributed by atoms with Crippen LogP contribution in [0.2, 0.25) is 0 Å². The molecule has 104 valence electrons. The van der Waals surface area contributed by atoms with Crippen LogP contribution in [0.4, 0.5) is 0 Å². The highest BCUT2D eigenvalue weighted by molar-refractivity contribution is 5.72. The first-order chi connectivity index (χ1) is 9.92. The maximum Gasteiger partial charge on any atom is 0.195 e. The van der Waals surface area contributed by atoms with E-state index in [0.29, 0.717) is 0 Å². The van der Waals surface area contributed by atoms with Crippen LogP contribution in [0.3, 0.4) is 0 Å². The standard InChI is InChI=1S/C15H18N4O/c1-2-6-14-13(5-1)18-15(20-14)7-3-8-16-10-12-19-11-4-9-17-19/h1-2,4-6,9,11,16H,3,7-8,10,12H2. The van der Waals surface area contributed by atoms with Gasteiger partial charge in [0.2, 0.25) is 0 Å². The number of nitrogens with one attached hydrogen (secondary N) is 1. The summed E-state index contributed by atoms with van der Waals surface area (Å²) in [7, 11) is 0. The molecule has 1 aromatic carbocycles. The van der Waals surface area contributed by atoms with Gasteiger partial charge in [0.15, 0.2) is 11.5 Å². The summed E-state index contributed by atoms with van der Waals surface area (Å²) in [5.74, 6) is 0.820. The molecule has 2 heterocycles. The minimum Gasteiger partial charge on any atom is -0.441 e. The third kappa shape index (κ3) is 3.24. The van der Waals surface area contributed by atoms with Gasteiger partial charge in [-0.2, -0.15) is 5.10 Å². The summed E-state index contributed by atoms with van der Waals surface area (Å²) in [5, 5.41) is 7.55. The Morgan fingerprint density at radius 2 is 2.10 bits per heavy atom. The molecular weight excluding hydrogens is 252 g/mol. The zero-order valence-electron chi connectivity index (χ0n) is 11.3. The molecule has 5 heteroatoms. The second-order valence-electron chi connectivity index (χ2n) is 4.70. The third-order valence-electron chi connectivity index (χ3n) is 3.16. The summed E-state index contributed by atoms with van der Waals surface area (Å²) in [6.45, 7) is 2.78. The Hall–Kier alpha value is -2.14. The smallest absolute Gasteiger partial charge is 0.195 e. The van der Waals surface area contributed by atoms with Gasteiger partial charge in [0, 0.05) is 25.4 Å². The monoisotopic (exact) mass is 270 g/mol. The molecule has 0 fully saturated rings. The SMILES string of the molecule is c1ccc2oc(CCCNCCn3cccn3)nc2c1. The van der Waals surface area contributed by atoms with E-state index in [4.69, 9.17) is 4.42 Å². The van der Waals surface area contributed by atoms with Crippen molar-refractivity contribution < 1.29 is 4.42 Å². The van der Waals surface area contributed by atoms with Gasteiger partial charge in [-0.3, -0.25) is 4.68 Å². The van der Waals surface area contributed by atoms with Crippen LogP contribution in [0.15, 0.2) is 47.1 Å². The van der Waals surface area contributed by atoms with E-state index in [9.17, 15) is 0 Å². The molecule has 0 radical (unpaired) electrons. The zero-order valence-corrected chi connectivity index (χ0v) is 11.3. The molecule has 0 aliphatic rings. The van der Waals surface area contributed by atoms with Crippen molar-refractivity contribution in [3.8, 4) is 0 Å². The highest BCUT2D eigenvalue weighted by Gasteiger charge is 2.03. The fourth-order valence-corrected chi connectivity index (χ4v) is 2.14. The molecule has 0 aliphatic heterocycles. The quantitative estimate of drug-likeness (QED) is 0.669. The van der Waals surface area contributed by atoms with Crippen molar-refractivity contribution in [3.05, 3.63) is 48.6 Å². The van der Waals surface area contributed by atoms with E-state index in [1.807, 2.05) is 41.2 Å². The van der Waals surface area contributed by atoms with Crippen molar-refractivity contribution in [2.24, 2.45) is 0 Å². The first-order valence-electron chi connectivity index (χ1n) is 6.94. The molecule has 20 heavy (non-hydrogen) atoms. The number of aromatic nitrogens is 3. The Kier molecular flexibility index (Phi) is 4.08. The molecule has 0 unspecified atom stereocenters. The van der Waals surface area contributed by atoms with E-state index in [1.165, 1.54) is 0 Å². The van der Waals surface area contributed by atoms with Crippen molar-refractivity contribution in [1.29, 1.82) is 0 Å². The Morgan fingerprint density at radius 3 is 2.95 bits per heavy atom. The van der Waals surface area contributed by atoms with Gasteiger partial charge >= 0.3 is 0 Å². The number of benzene rings is 1. The number of hydrogen-bond acceptors (Lipinski definition) is 4. The van der Waals surface area contributed by atoms with Crippen LogP contribution >= 0.6 is 0 Å². The van der Waals surface area contributed by atoms with Crippen molar-refractivity contribution >= 4 is 11.1 Å². The second kappa shape index (κ2) is 6.34. The maximum atomic E-state index is 5.68. The van der Waals surface area contributed by atoms with Gasteiger partial charge in [-0.05, 0) is 31.2 Å². The van der Waals surface area contributed by atoms with Gasteiger partial charge in [0.25, 0.3) is 0 Å². The van der Waals surface area contributed by atoms with Gasteiger partial charge in [-0.1, -0.05) is 12.1 Å². The number of oxazole rings is 1. The molecule has 5 nitrogen and oxygen atoms in total. The summed E-state index contributed by atoms with van der Waals surface area (Å²) in [6.07, 6.45) is 5.66. The molecule has 2 aromatic heterocycles. The number of para-hydroxylation sites is 2. The lowest BCUT2D eigenvalue weighted by atomic mass is 10.3. The molecular formula is C15H18N4O. The first kappa shape index (κ1) is 12.9. The fraction of sp³-hybridized carbons (Fsp3) is 0.333. The number of fused-ring (bicyclic) bond motifs is 1. The summed E-state index contributed by atoms with van der Waals surface area (Å²) in [6, 6.07) is 9.81. The molecule has 0 bridgehead atoms. The Balaban J connectivity index is 1.37. The minimum absolute atomic E-state index is 0.820. The molecule has 3 rings (SSSR count). The predicted molar refractivity (Wildman–Crippen MR) is 77.4 cm³/mol. The summed E-state index contributed by atoms with van der Waals surface area (Å²) in [5.41, 5.74) is 1.81. The molecule has 0 atom stereocenters. The molecule has 1 N–H and O–H groups in total. The summed E-state index contributed by atoms with van der Waals surface area (Å²) in [4.78, 5) is 4.46. The molecule has 0 aliphatic carbocycles. The van der Waals surface area contributed by atoms with E-state index in [1.54, 1.807) is 6.20 Å². The van der Waals surface area contributed by atoms with Gasteiger partial charge < -0.3 is 9.73 Å². The predicted octanol–water partition coefficient (Wildman–Crippen LogP) is 2.25. The largest absolute Gasteiger partial charge is 0.441 e. The molecule has 0 spiro atoms. The Labute approximate surface area is 117 Å². The Bertz CT molecular complexity index is 612. The average molecular weight is 270 g/mol. The number of rotatable bonds is 7. The number of hydrogen-bond donors (Lipinski definition) is 1. The molecule has 3 aromatic rings. The van der Waals surface area contributed by atoms with Crippen molar-refractivity contribution in [2.75, 3.05) is 13.1 Å². The number of aryl methyl sites for hydroxylation is 1. The fourth-order valence-electron chi connectivity index (χ4n) is 2.14. The van der Waals surface area contributed by atoms with E-state index in [-0.39, 0.29) is 0 Å². The van der Waals surface area contributed by atoms with Crippen LogP contribution in [0, 0.1) is 0 Å². The van der Waals surface area contributed by atoms with Crippen LogP contribution in [-0.2, 0) is 13.0 Å². The topological polar surface area (TPSA) is 55.9 Å². The lowest BCUT2D eigenvalue weighted by Gasteiger charge is -2.03. The van der Waals surface area contributed by atoms with Gasteiger partial charge in [-0.15, -0.1) is 0 Å². The van der Waals surface area contributed by atoms with E-state index >= 15 is 0 Å². The summed E-state index contributed by atoms with van der Waals surface area (Å²) >= 11 is 0. The normalized spacial score (nSPS) is 11.2. The summed E-state index contributed by atoms with van der Waals surface area (Å²) < 4.78 is 7.60. The molecule has 0 saturated heterocycles. The minimum atomic E-state index is 0.820. The first-order valence-corrected chi connectivity index (χ1v) is 6.94. The van der Waals surface area contributed by atoms with E-state index < -0.39 is 0 Å². The highest BCUT2D eigenvalue weighted by atomic mass is 16.3. The van der Waals surface area contributed by atoms with Crippen LogP contribution < -0.4 is 5.32 Å².